The summed E-state index contributed by atoms with van der Waals surface area (Å²) in [5.74, 6) is 0.779. The van der Waals surface area contributed by atoms with Crippen LogP contribution in [0.2, 0.25) is 0 Å². The highest BCUT2D eigenvalue weighted by Gasteiger charge is 2.14. The standard InChI is InChI=1S/C19H14N6/c1-12-3-2-4-13(9-12)22-18-14-5-7-20-10-15(14)17-19(24-18)25-11-21-8-6-16(25)23-17/h2-11H,1H3,(H,22,24). The molecule has 0 unspecified atom stereocenters. The van der Waals surface area contributed by atoms with Gasteiger partial charge in [0.05, 0.1) is 0 Å². The number of nitrogens with zero attached hydrogens (tertiary/aromatic N) is 5. The van der Waals surface area contributed by atoms with E-state index in [2.05, 4.69) is 34.3 Å². The summed E-state index contributed by atoms with van der Waals surface area (Å²) in [5, 5.41) is 5.38. The lowest BCUT2D eigenvalue weighted by Gasteiger charge is -2.10. The number of imidazole rings is 1. The van der Waals surface area contributed by atoms with Crippen molar-refractivity contribution in [1.82, 2.24) is 24.3 Å². The summed E-state index contributed by atoms with van der Waals surface area (Å²) in [7, 11) is 0. The third-order valence-electron chi connectivity index (χ3n) is 4.23. The summed E-state index contributed by atoms with van der Waals surface area (Å²) in [5.41, 5.74) is 4.59. The fourth-order valence-corrected chi connectivity index (χ4v) is 3.09. The first-order valence-corrected chi connectivity index (χ1v) is 7.99. The third kappa shape index (κ3) is 2.19. The van der Waals surface area contributed by atoms with E-state index in [9.17, 15) is 0 Å². The lowest BCUT2D eigenvalue weighted by atomic mass is 10.2. The molecular weight excluding hydrogens is 312 g/mol. The Bertz CT molecular complexity index is 1240. The second-order valence-electron chi connectivity index (χ2n) is 5.97. The number of anilines is 2. The van der Waals surface area contributed by atoms with E-state index in [1.807, 2.05) is 34.9 Å². The van der Waals surface area contributed by atoms with Crippen molar-refractivity contribution in [3.63, 3.8) is 0 Å². The van der Waals surface area contributed by atoms with Gasteiger partial charge in [-0.2, -0.15) is 0 Å². The number of aromatic nitrogens is 5. The SMILES string of the molecule is Cc1cccc(Nc2nc3c(nc4ccncn43)c3cnccc23)c1. The van der Waals surface area contributed by atoms with Gasteiger partial charge in [0.2, 0.25) is 0 Å². The highest BCUT2D eigenvalue weighted by atomic mass is 15.1. The molecule has 25 heavy (non-hydrogen) atoms. The number of fused-ring (bicyclic) bond motifs is 5. The summed E-state index contributed by atoms with van der Waals surface area (Å²) in [6.45, 7) is 2.07. The Hall–Kier alpha value is -3.54. The molecule has 0 atom stereocenters. The van der Waals surface area contributed by atoms with Crippen LogP contribution in [0.3, 0.4) is 0 Å². The van der Waals surface area contributed by atoms with Crippen LogP contribution in [0.5, 0.6) is 0 Å². The molecule has 1 aromatic carbocycles. The van der Waals surface area contributed by atoms with Gasteiger partial charge in [-0.1, -0.05) is 12.1 Å². The highest BCUT2D eigenvalue weighted by molar-refractivity contribution is 6.08. The second kappa shape index (κ2) is 5.24. The first-order valence-electron chi connectivity index (χ1n) is 7.99. The molecule has 0 aliphatic rings. The molecule has 5 rings (SSSR count). The highest BCUT2D eigenvalue weighted by Crippen LogP contribution is 2.30. The Morgan fingerprint density at radius 2 is 1.88 bits per heavy atom. The van der Waals surface area contributed by atoms with Gasteiger partial charge in [-0.25, -0.2) is 15.0 Å². The lowest BCUT2D eigenvalue weighted by Crippen LogP contribution is -1.97. The maximum Gasteiger partial charge on any atom is 0.168 e. The van der Waals surface area contributed by atoms with Gasteiger partial charge < -0.3 is 5.32 Å². The minimum absolute atomic E-state index is 0.763. The van der Waals surface area contributed by atoms with Crippen LogP contribution in [0.15, 0.2) is 61.3 Å². The van der Waals surface area contributed by atoms with Gasteiger partial charge in [0.1, 0.15) is 23.3 Å². The fraction of sp³-hybridized carbons (Fsp3) is 0.0526. The van der Waals surface area contributed by atoms with Crippen LogP contribution in [0.25, 0.3) is 27.6 Å². The predicted octanol–water partition coefficient (Wildman–Crippen LogP) is 3.88. The zero-order valence-electron chi connectivity index (χ0n) is 13.5. The van der Waals surface area contributed by atoms with E-state index in [-0.39, 0.29) is 0 Å². The monoisotopic (exact) mass is 326 g/mol. The molecular formula is C19H14N6. The van der Waals surface area contributed by atoms with Crippen LogP contribution in [-0.2, 0) is 0 Å². The topological polar surface area (TPSA) is 68.0 Å². The Morgan fingerprint density at radius 3 is 2.80 bits per heavy atom. The fourth-order valence-electron chi connectivity index (χ4n) is 3.09. The summed E-state index contributed by atoms with van der Waals surface area (Å²) in [4.78, 5) is 18.0. The molecule has 0 aliphatic carbocycles. The number of rotatable bonds is 2. The quantitative estimate of drug-likeness (QED) is 0.533. The van der Waals surface area contributed by atoms with Crippen molar-refractivity contribution in [1.29, 1.82) is 0 Å². The molecule has 6 nitrogen and oxygen atoms in total. The van der Waals surface area contributed by atoms with Crippen molar-refractivity contribution in [2.24, 2.45) is 0 Å². The minimum Gasteiger partial charge on any atom is -0.340 e. The number of hydrogen-bond acceptors (Lipinski definition) is 5. The first-order chi connectivity index (χ1) is 12.3. The zero-order chi connectivity index (χ0) is 16.8. The number of benzene rings is 1. The maximum atomic E-state index is 4.84. The van der Waals surface area contributed by atoms with Crippen LogP contribution < -0.4 is 5.32 Å². The summed E-state index contributed by atoms with van der Waals surface area (Å²) in [6.07, 6.45) is 7.07. The number of nitrogens with one attached hydrogen (secondary N) is 1. The molecule has 0 radical (unpaired) electrons. The van der Waals surface area contributed by atoms with Gasteiger partial charge in [-0.15, -0.1) is 0 Å². The van der Waals surface area contributed by atoms with E-state index in [0.717, 1.165) is 39.1 Å². The molecule has 0 fully saturated rings. The van der Waals surface area contributed by atoms with E-state index in [1.54, 1.807) is 18.7 Å². The van der Waals surface area contributed by atoms with Gasteiger partial charge in [-0.3, -0.25) is 9.38 Å². The minimum atomic E-state index is 0.763. The van der Waals surface area contributed by atoms with E-state index in [0.29, 0.717) is 0 Å². The number of pyridine rings is 2. The molecule has 1 N–H and O–H groups in total. The van der Waals surface area contributed by atoms with Gasteiger partial charge in [0.15, 0.2) is 5.65 Å². The van der Waals surface area contributed by atoms with Crippen molar-refractivity contribution < 1.29 is 0 Å². The molecule has 0 saturated carbocycles. The smallest absolute Gasteiger partial charge is 0.168 e. The van der Waals surface area contributed by atoms with Crippen LogP contribution >= 0.6 is 0 Å². The van der Waals surface area contributed by atoms with Crippen molar-refractivity contribution in [3.05, 3.63) is 66.9 Å². The Balaban J connectivity index is 1.83. The molecule has 0 saturated heterocycles. The van der Waals surface area contributed by atoms with Crippen molar-refractivity contribution in [3.8, 4) is 0 Å². The third-order valence-corrected chi connectivity index (χ3v) is 4.23. The van der Waals surface area contributed by atoms with Crippen molar-refractivity contribution in [2.75, 3.05) is 5.32 Å². The molecule has 120 valence electrons. The molecule has 4 aromatic heterocycles. The Labute approximate surface area is 143 Å². The van der Waals surface area contributed by atoms with E-state index in [4.69, 9.17) is 9.97 Å². The van der Waals surface area contributed by atoms with Crippen LogP contribution in [0.4, 0.5) is 11.5 Å². The van der Waals surface area contributed by atoms with Crippen LogP contribution in [0.1, 0.15) is 5.56 Å². The molecule has 0 spiro atoms. The zero-order valence-corrected chi connectivity index (χ0v) is 13.5. The van der Waals surface area contributed by atoms with Crippen molar-refractivity contribution >= 4 is 39.1 Å². The lowest BCUT2D eigenvalue weighted by molar-refractivity contribution is 1.09. The average Bonchev–Trinajstić information content (AvgIpc) is 3.01. The number of hydrogen-bond donors (Lipinski definition) is 1. The Morgan fingerprint density at radius 1 is 0.960 bits per heavy atom. The van der Waals surface area contributed by atoms with Crippen molar-refractivity contribution in [2.45, 2.75) is 6.92 Å². The van der Waals surface area contributed by atoms with E-state index < -0.39 is 0 Å². The van der Waals surface area contributed by atoms with E-state index in [1.165, 1.54) is 5.56 Å². The summed E-state index contributed by atoms with van der Waals surface area (Å²) < 4.78 is 1.89. The van der Waals surface area contributed by atoms with Gasteiger partial charge in [0, 0.05) is 35.1 Å². The molecule has 4 heterocycles. The molecule has 0 aliphatic heterocycles. The van der Waals surface area contributed by atoms with Gasteiger partial charge >= 0.3 is 0 Å². The van der Waals surface area contributed by atoms with Crippen LogP contribution in [-0.4, -0.2) is 24.3 Å². The Kier molecular flexibility index (Phi) is 2.90. The van der Waals surface area contributed by atoms with E-state index >= 15 is 0 Å². The average molecular weight is 326 g/mol. The van der Waals surface area contributed by atoms with Gasteiger partial charge in [0.25, 0.3) is 0 Å². The maximum absolute atomic E-state index is 4.84. The summed E-state index contributed by atoms with van der Waals surface area (Å²) in [6, 6.07) is 12.1. The first kappa shape index (κ1) is 13.9. The normalized spacial score (nSPS) is 11.4. The summed E-state index contributed by atoms with van der Waals surface area (Å²) >= 11 is 0. The largest absolute Gasteiger partial charge is 0.340 e. The number of aryl methyl sites for hydroxylation is 1. The second-order valence-corrected chi connectivity index (χ2v) is 5.97. The molecule has 0 bridgehead atoms. The predicted molar refractivity (Wildman–Crippen MR) is 98.1 cm³/mol. The molecule has 5 aromatic rings. The van der Waals surface area contributed by atoms with Crippen LogP contribution in [0, 0.1) is 6.92 Å². The molecule has 0 amide bonds. The molecule has 6 heteroatoms. The van der Waals surface area contributed by atoms with Gasteiger partial charge in [-0.05, 0) is 36.8 Å².